The average Bonchev–Trinajstić information content (AvgIpc) is 2.83. The van der Waals surface area contributed by atoms with Crippen LogP contribution in [0.25, 0.3) is 0 Å². The maximum absolute atomic E-state index is 12.0. The van der Waals surface area contributed by atoms with Crippen LogP contribution in [0.1, 0.15) is 32.9 Å². The third kappa shape index (κ3) is 5.13. The number of carbonyl (C=O) groups is 1. The zero-order valence-corrected chi connectivity index (χ0v) is 13.4. The molecule has 1 aliphatic rings. The molecular formula is C14H21ClN4O2. The summed E-state index contributed by atoms with van der Waals surface area (Å²) in [6, 6.07) is 2.06. The Morgan fingerprint density at radius 3 is 3.00 bits per heavy atom. The van der Waals surface area contributed by atoms with Gasteiger partial charge in [0, 0.05) is 31.9 Å². The maximum atomic E-state index is 12.0. The Morgan fingerprint density at radius 2 is 2.33 bits per heavy atom. The number of hydrogen-bond acceptors (Lipinski definition) is 5. The molecule has 1 unspecified atom stereocenters. The van der Waals surface area contributed by atoms with Gasteiger partial charge in [-0.3, -0.25) is 0 Å². The van der Waals surface area contributed by atoms with Crippen LogP contribution in [0.15, 0.2) is 12.3 Å². The van der Waals surface area contributed by atoms with Crippen LogP contribution >= 0.6 is 11.6 Å². The number of rotatable bonds is 3. The topological polar surface area (TPSA) is 67.3 Å². The van der Waals surface area contributed by atoms with Crippen molar-refractivity contribution in [1.29, 1.82) is 0 Å². The third-order valence-electron chi connectivity index (χ3n) is 3.10. The third-order valence-corrected chi connectivity index (χ3v) is 3.28. The number of likely N-dealkylation sites (tertiary alicyclic amines) is 1. The van der Waals surface area contributed by atoms with Gasteiger partial charge in [0.25, 0.3) is 0 Å². The predicted molar refractivity (Wildman–Crippen MR) is 80.1 cm³/mol. The second-order valence-electron chi connectivity index (χ2n) is 6.11. The molecule has 1 atom stereocenters. The smallest absolute Gasteiger partial charge is 0.410 e. The molecule has 0 aliphatic carbocycles. The van der Waals surface area contributed by atoms with Gasteiger partial charge in [0.15, 0.2) is 0 Å². The summed E-state index contributed by atoms with van der Waals surface area (Å²) < 4.78 is 5.37. The summed E-state index contributed by atoms with van der Waals surface area (Å²) in [6.07, 6.45) is 2.28. The molecule has 116 valence electrons. The Balaban J connectivity index is 1.79. The Hall–Kier alpha value is -1.40. The molecule has 0 radical (unpaired) electrons. The number of halogens is 1. The molecular weight excluding hydrogens is 292 g/mol. The lowest BCUT2D eigenvalue weighted by molar-refractivity contribution is 0.0291. The molecule has 1 amide bonds. The molecule has 2 rings (SSSR count). The molecule has 1 fully saturated rings. The van der Waals surface area contributed by atoms with Crippen molar-refractivity contribution in [3.63, 3.8) is 0 Å². The van der Waals surface area contributed by atoms with E-state index >= 15 is 0 Å². The Bertz CT molecular complexity index is 504. The standard InChI is InChI=1S/C14H21ClN4O2/c1-14(2,3)21-13(20)19-7-5-11(9-19)17-8-10-4-6-16-12(15)18-10/h4,6,11,17H,5,7-9H2,1-3H3. The quantitative estimate of drug-likeness (QED) is 0.867. The highest BCUT2D eigenvalue weighted by molar-refractivity contribution is 6.28. The minimum Gasteiger partial charge on any atom is -0.444 e. The van der Waals surface area contributed by atoms with Crippen LogP contribution in [0.5, 0.6) is 0 Å². The van der Waals surface area contributed by atoms with E-state index in [0.717, 1.165) is 12.1 Å². The minimum absolute atomic E-state index is 0.242. The molecule has 1 N–H and O–H groups in total. The monoisotopic (exact) mass is 312 g/mol. The van der Waals surface area contributed by atoms with E-state index in [1.807, 2.05) is 26.8 Å². The van der Waals surface area contributed by atoms with E-state index in [1.165, 1.54) is 0 Å². The first kappa shape index (κ1) is 16.0. The molecule has 0 spiro atoms. The van der Waals surface area contributed by atoms with E-state index in [1.54, 1.807) is 11.1 Å². The van der Waals surface area contributed by atoms with Gasteiger partial charge < -0.3 is 15.0 Å². The second kappa shape index (κ2) is 6.58. The number of ether oxygens (including phenoxy) is 1. The van der Waals surface area contributed by atoms with Crippen LogP contribution in [0, 0.1) is 0 Å². The summed E-state index contributed by atoms with van der Waals surface area (Å²) in [5, 5.41) is 3.62. The molecule has 1 aromatic heterocycles. The van der Waals surface area contributed by atoms with Crippen molar-refractivity contribution in [2.75, 3.05) is 13.1 Å². The lowest BCUT2D eigenvalue weighted by Crippen LogP contribution is -2.38. The maximum Gasteiger partial charge on any atom is 0.410 e. The first-order chi connectivity index (χ1) is 9.83. The van der Waals surface area contributed by atoms with Crippen LogP contribution in [0.3, 0.4) is 0 Å². The van der Waals surface area contributed by atoms with E-state index in [2.05, 4.69) is 15.3 Å². The highest BCUT2D eigenvalue weighted by Crippen LogP contribution is 2.15. The Labute approximate surface area is 129 Å². The summed E-state index contributed by atoms with van der Waals surface area (Å²) in [7, 11) is 0. The van der Waals surface area contributed by atoms with Gasteiger partial charge in [-0.15, -0.1) is 0 Å². The molecule has 0 bridgehead atoms. The van der Waals surface area contributed by atoms with Crippen molar-refractivity contribution in [2.45, 2.75) is 45.4 Å². The summed E-state index contributed by atoms with van der Waals surface area (Å²) >= 11 is 5.75. The van der Waals surface area contributed by atoms with Crippen LogP contribution < -0.4 is 5.32 Å². The number of nitrogens with zero attached hydrogens (tertiary/aromatic N) is 3. The van der Waals surface area contributed by atoms with E-state index in [0.29, 0.717) is 19.6 Å². The molecule has 7 heteroatoms. The molecule has 1 aromatic rings. The molecule has 21 heavy (non-hydrogen) atoms. The van der Waals surface area contributed by atoms with Crippen molar-refractivity contribution in [1.82, 2.24) is 20.2 Å². The van der Waals surface area contributed by atoms with Gasteiger partial charge in [0.1, 0.15) is 5.60 Å². The summed E-state index contributed by atoms with van der Waals surface area (Å²) in [5.74, 6) is 0. The fraction of sp³-hybridized carbons (Fsp3) is 0.643. The number of carbonyl (C=O) groups excluding carboxylic acids is 1. The fourth-order valence-electron chi connectivity index (χ4n) is 2.14. The molecule has 0 aromatic carbocycles. The van der Waals surface area contributed by atoms with E-state index in [9.17, 15) is 4.79 Å². The summed E-state index contributed by atoms with van der Waals surface area (Å²) in [4.78, 5) is 21.7. The number of amides is 1. The lowest BCUT2D eigenvalue weighted by atomic mass is 10.2. The van der Waals surface area contributed by atoms with Crippen LogP contribution in [0.4, 0.5) is 4.79 Å². The highest BCUT2D eigenvalue weighted by Gasteiger charge is 2.29. The first-order valence-corrected chi connectivity index (χ1v) is 7.40. The lowest BCUT2D eigenvalue weighted by Gasteiger charge is -2.24. The van der Waals surface area contributed by atoms with Crippen molar-refractivity contribution in [3.8, 4) is 0 Å². The Morgan fingerprint density at radius 1 is 1.57 bits per heavy atom. The van der Waals surface area contributed by atoms with Gasteiger partial charge >= 0.3 is 6.09 Å². The van der Waals surface area contributed by atoms with Crippen molar-refractivity contribution >= 4 is 17.7 Å². The van der Waals surface area contributed by atoms with Gasteiger partial charge in [-0.25, -0.2) is 14.8 Å². The van der Waals surface area contributed by atoms with Gasteiger partial charge in [0.05, 0.1) is 5.69 Å². The molecule has 1 saturated heterocycles. The van der Waals surface area contributed by atoms with E-state index in [4.69, 9.17) is 16.3 Å². The van der Waals surface area contributed by atoms with Crippen molar-refractivity contribution in [2.24, 2.45) is 0 Å². The predicted octanol–water partition coefficient (Wildman–Crippen LogP) is 2.23. The van der Waals surface area contributed by atoms with Crippen molar-refractivity contribution < 1.29 is 9.53 Å². The van der Waals surface area contributed by atoms with E-state index < -0.39 is 5.60 Å². The van der Waals surface area contributed by atoms with Gasteiger partial charge in [0.2, 0.25) is 5.28 Å². The van der Waals surface area contributed by atoms with Gasteiger partial charge in [-0.05, 0) is 44.9 Å². The normalized spacial score (nSPS) is 18.9. The Kier molecular flexibility index (Phi) is 5.00. The van der Waals surface area contributed by atoms with Gasteiger partial charge in [-0.1, -0.05) is 0 Å². The van der Waals surface area contributed by atoms with Gasteiger partial charge in [-0.2, -0.15) is 0 Å². The van der Waals surface area contributed by atoms with Crippen LogP contribution in [-0.4, -0.2) is 45.7 Å². The van der Waals surface area contributed by atoms with E-state index in [-0.39, 0.29) is 17.4 Å². The highest BCUT2D eigenvalue weighted by atomic mass is 35.5. The molecule has 0 saturated carbocycles. The minimum atomic E-state index is -0.458. The fourth-order valence-corrected chi connectivity index (χ4v) is 2.30. The molecule has 2 heterocycles. The first-order valence-electron chi connectivity index (χ1n) is 7.02. The number of hydrogen-bond donors (Lipinski definition) is 1. The van der Waals surface area contributed by atoms with Crippen LogP contribution in [-0.2, 0) is 11.3 Å². The zero-order chi connectivity index (χ0) is 15.5. The average molecular weight is 313 g/mol. The largest absolute Gasteiger partial charge is 0.444 e. The zero-order valence-electron chi connectivity index (χ0n) is 12.6. The molecule has 6 nitrogen and oxygen atoms in total. The summed E-state index contributed by atoms with van der Waals surface area (Å²) in [6.45, 7) is 7.57. The second-order valence-corrected chi connectivity index (χ2v) is 6.45. The van der Waals surface area contributed by atoms with Crippen LogP contribution in [0.2, 0.25) is 5.28 Å². The number of nitrogens with one attached hydrogen (secondary N) is 1. The number of aromatic nitrogens is 2. The van der Waals surface area contributed by atoms with Crippen molar-refractivity contribution in [3.05, 3.63) is 23.2 Å². The SMILES string of the molecule is CC(C)(C)OC(=O)N1CCC(NCc2ccnc(Cl)n2)C1. The summed E-state index contributed by atoms with van der Waals surface area (Å²) in [5.41, 5.74) is 0.381. The molecule has 1 aliphatic heterocycles.